The molecule has 3 aromatic rings. The molecule has 0 spiro atoms. The summed E-state index contributed by atoms with van der Waals surface area (Å²) in [6, 6.07) is 5.84. The number of aromatic nitrogens is 5. The molecule has 0 unspecified atom stereocenters. The molecule has 5 rings (SSSR count). The summed E-state index contributed by atoms with van der Waals surface area (Å²) < 4.78 is 4.30. The molecule has 7 nitrogen and oxygen atoms in total. The Morgan fingerprint density at radius 1 is 1.04 bits per heavy atom. The second-order valence-electron chi connectivity index (χ2n) is 8.04. The van der Waals surface area contributed by atoms with Crippen molar-refractivity contribution in [1.29, 1.82) is 0 Å². The van der Waals surface area contributed by atoms with Crippen molar-refractivity contribution in [2.75, 3.05) is 13.1 Å². The zero-order valence-corrected chi connectivity index (χ0v) is 16.3. The predicted octanol–water partition coefficient (Wildman–Crippen LogP) is 2.91. The SMILES string of the molecule is Cn1ccc2ccc(C(=O)N3CCC(c4nnc5n4CCCCC5)CC3)nc21. The van der Waals surface area contributed by atoms with Crippen LogP contribution < -0.4 is 0 Å². The van der Waals surface area contributed by atoms with Crippen LogP contribution in [0.2, 0.25) is 0 Å². The van der Waals surface area contributed by atoms with Gasteiger partial charge in [0, 0.05) is 50.6 Å². The molecule has 2 aliphatic heterocycles. The minimum atomic E-state index is 0.0293. The van der Waals surface area contributed by atoms with Crippen molar-refractivity contribution in [1.82, 2.24) is 29.2 Å². The molecule has 0 N–H and O–H groups in total. The monoisotopic (exact) mass is 378 g/mol. The van der Waals surface area contributed by atoms with Crippen molar-refractivity contribution in [2.45, 2.75) is 51.0 Å². The van der Waals surface area contributed by atoms with Crippen LogP contribution >= 0.6 is 0 Å². The van der Waals surface area contributed by atoms with Gasteiger partial charge in [0.05, 0.1) is 0 Å². The Balaban J connectivity index is 1.29. The summed E-state index contributed by atoms with van der Waals surface area (Å²) in [7, 11) is 1.95. The van der Waals surface area contributed by atoms with E-state index in [2.05, 4.69) is 19.7 Å². The summed E-state index contributed by atoms with van der Waals surface area (Å²) >= 11 is 0. The second kappa shape index (κ2) is 7.04. The molecule has 0 aromatic carbocycles. The number of likely N-dealkylation sites (tertiary alicyclic amines) is 1. The lowest BCUT2D eigenvalue weighted by molar-refractivity contribution is 0.0704. The molecular weight excluding hydrogens is 352 g/mol. The number of pyridine rings is 1. The Morgan fingerprint density at radius 3 is 2.75 bits per heavy atom. The van der Waals surface area contributed by atoms with E-state index >= 15 is 0 Å². The van der Waals surface area contributed by atoms with Crippen LogP contribution in [-0.4, -0.2) is 48.2 Å². The van der Waals surface area contributed by atoms with Gasteiger partial charge in [0.15, 0.2) is 0 Å². The Morgan fingerprint density at radius 2 is 1.89 bits per heavy atom. The number of piperidine rings is 1. The van der Waals surface area contributed by atoms with Gasteiger partial charge in [-0.05, 0) is 43.9 Å². The number of fused-ring (bicyclic) bond motifs is 2. The van der Waals surface area contributed by atoms with Crippen molar-refractivity contribution in [2.24, 2.45) is 7.05 Å². The van der Waals surface area contributed by atoms with E-state index in [-0.39, 0.29) is 5.91 Å². The van der Waals surface area contributed by atoms with Gasteiger partial charge >= 0.3 is 0 Å². The number of aryl methyl sites for hydroxylation is 2. The lowest BCUT2D eigenvalue weighted by atomic mass is 9.95. The number of nitrogens with zero attached hydrogens (tertiary/aromatic N) is 6. The van der Waals surface area contributed by atoms with E-state index in [9.17, 15) is 4.79 Å². The van der Waals surface area contributed by atoms with Crippen molar-refractivity contribution >= 4 is 16.9 Å². The normalized spacial score (nSPS) is 18.2. The van der Waals surface area contributed by atoms with Gasteiger partial charge in [0.1, 0.15) is 23.0 Å². The highest BCUT2D eigenvalue weighted by Gasteiger charge is 2.29. The van der Waals surface area contributed by atoms with Gasteiger partial charge in [0.25, 0.3) is 5.91 Å². The van der Waals surface area contributed by atoms with Gasteiger partial charge in [-0.2, -0.15) is 0 Å². The smallest absolute Gasteiger partial charge is 0.272 e. The first-order valence-electron chi connectivity index (χ1n) is 10.3. The Bertz CT molecular complexity index is 1010. The first kappa shape index (κ1) is 17.4. The topological polar surface area (TPSA) is 68.8 Å². The molecule has 3 aromatic heterocycles. The largest absolute Gasteiger partial charge is 0.337 e. The van der Waals surface area contributed by atoms with Gasteiger partial charge in [-0.1, -0.05) is 6.42 Å². The van der Waals surface area contributed by atoms with E-state index in [0.717, 1.165) is 61.6 Å². The quantitative estimate of drug-likeness (QED) is 0.688. The molecule has 1 saturated heterocycles. The molecule has 28 heavy (non-hydrogen) atoms. The fourth-order valence-corrected chi connectivity index (χ4v) is 4.57. The van der Waals surface area contributed by atoms with Crippen molar-refractivity contribution in [3.05, 3.63) is 41.7 Å². The van der Waals surface area contributed by atoms with E-state index in [0.29, 0.717) is 11.6 Å². The Labute approximate surface area is 164 Å². The summed E-state index contributed by atoms with van der Waals surface area (Å²) in [6.45, 7) is 2.54. The first-order chi connectivity index (χ1) is 13.7. The van der Waals surface area contributed by atoms with Crippen LogP contribution in [0.4, 0.5) is 0 Å². The van der Waals surface area contributed by atoms with Crippen LogP contribution in [0.1, 0.15) is 60.2 Å². The van der Waals surface area contributed by atoms with Gasteiger partial charge in [0.2, 0.25) is 0 Å². The van der Waals surface area contributed by atoms with Crippen molar-refractivity contribution < 1.29 is 4.79 Å². The highest BCUT2D eigenvalue weighted by atomic mass is 16.2. The summed E-state index contributed by atoms with van der Waals surface area (Å²) in [5.74, 6) is 2.70. The van der Waals surface area contributed by atoms with Crippen LogP contribution in [0, 0.1) is 0 Å². The maximum Gasteiger partial charge on any atom is 0.272 e. The molecule has 5 heterocycles. The summed E-state index contributed by atoms with van der Waals surface area (Å²) in [6.07, 6.45) is 8.59. The Kier molecular flexibility index (Phi) is 4.37. The third-order valence-electron chi connectivity index (χ3n) is 6.22. The zero-order valence-electron chi connectivity index (χ0n) is 16.3. The van der Waals surface area contributed by atoms with Crippen LogP contribution in [0.3, 0.4) is 0 Å². The average Bonchev–Trinajstić information content (AvgIpc) is 3.22. The standard InChI is InChI=1S/C21H26N6O/c1-25-12-8-15-6-7-17(22-19(15)25)21(28)26-13-9-16(10-14-26)20-24-23-18-5-3-2-4-11-27(18)20/h6-8,12,16H,2-5,9-11,13-14H2,1H3. The van der Waals surface area contributed by atoms with E-state index in [1.165, 1.54) is 19.3 Å². The van der Waals surface area contributed by atoms with Gasteiger partial charge < -0.3 is 14.0 Å². The van der Waals surface area contributed by atoms with Crippen LogP contribution in [0.15, 0.2) is 24.4 Å². The minimum absolute atomic E-state index is 0.0293. The fraction of sp³-hybridized carbons (Fsp3) is 0.524. The van der Waals surface area contributed by atoms with Crippen LogP contribution in [-0.2, 0) is 20.0 Å². The highest BCUT2D eigenvalue weighted by Crippen LogP contribution is 2.29. The lowest BCUT2D eigenvalue weighted by Crippen LogP contribution is -2.38. The number of carbonyl (C=O) groups excluding carboxylic acids is 1. The second-order valence-corrected chi connectivity index (χ2v) is 8.04. The van der Waals surface area contributed by atoms with Crippen LogP contribution in [0.25, 0.3) is 11.0 Å². The highest BCUT2D eigenvalue weighted by molar-refractivity contribution is 5.94. The molecule has 146 valence electrons. The summed E-state index contributed by atoms with van der Waals surface area (Å²) in [4.78, 5) is 19.5. The lowest BCUT2D eigenvalue weighted by Gasteiger charge is -2.31. The van der Waals surface area contributed by atoms with Crippen molar-refractivity contribution in [3.8, 4) is 0 Å². The molecule has 0 aliphatic carbocycles. The molecule has 7 heteroatoms. The maximum absolute atomic E-state index is 13.0. The van der Waals surface area contributed by atoms with Crippen LogP contribution in [0.5, 0.6) is 0 Å². The third-order valence-corrected chi connectivity index (χ3v) is 6.22. The Hall–Kier alpha value is -2.70. The zero-order chi connectivity index (χ0) is 19.1. The molecule has 1 fully saturated rings. The molecule has 1 amide bonds. The predicted molar refractivity (Wildman–Crippen MR) is 106 cm³/mol. The molecular formula is C21H26N6O. The maximum atomic E-state index is 13.0. The van der Waals surface area contributed by atoms with E-state index in [4.69, 9.17) is 0 Å². The molecule has 0 bridgehead atoms. The van der Waals surface area contributed by atoms with E-state index < -0.39 is 0 Å². The molecule has 2 aliphatic rings. The fourth-order valence-electron chi connectivity index (χ4n) is 4.57. The molecule has 0 saturated carbocycles. The number of amides is 1. The first-order valence-corrected chi connectivity index (χ1v) is 10.3. The minimum Gasteiger partial charge on any atom is -0.337 e. The number of rotatable bonds is 2. The van der Waals surface area contributed by atoms with Gasteiger partial charge in [-0.3, -0.25) is 4.79 Å². The molecule has 0 atom stereocenters. The van der Waals surface area contributed by atoms with Gasteiger partial charge in [-0.15, -0.1) is 10.2 Å². The third kappa shape index (κ3) is 2.99. The number of hydrogen-bond donors (Lipinski definition) is 0. The van der Waals surface area contributed by atoms with E-state index in [1.54, 1.807) is 0 Å². The number of carbonyl (C=O) groups is 1. The van der Waals surface area contributed by atoms with Gasteiger partial charge in [-0.25, -0.2) is 4.98 Å². The van der Waals surface area contributed by atoms with E-state index in [1.807, 2.05) is 40.9 Å². The summed E-state index contributed by atoms with van der Waals surface area (Å²) in [5, 5.41) is 10.0. The average molecular weight is 378 g/mol. The number of hydrogen-bond acceptors (Lipinski definition) is 4. The van der Waals surface area contributed by atoms with Crippen molar-refractivity contribution in [3.63, 3.8) is 0 Å². The summed E-state index contributed by atoms with van der Waals surface area (Å²) in [5.41, 5.74) is 1.39. The molecule has 0 radical (unpaired) electrons.